The molecule has 2 aliphatic rings. The molecule has 10 heavy (non-hydrogen) atoms. The van der Waals surface area contributed by atoms with E-state index in [1.165, 1.54) is 0 Å². The highest BCUT2D eigenvalue weighted by atomic mass is 32.2. The molecule has 3 heteroatoms. The van der Waals surface area contributed by atoms with Crippen molar-refractivity contribution in [1.29, 1.82) is 0 Å². The standard InChI is InChI=1S/C7H10O2S/c1-5-7(4-10-5)3-2-6(8)9-7/h5H,2-4H2,1H3. The predicted octanol–water partition coefficient (Wildman–Crippen LogP) is 1.20. The summed E-state index contributed by atoms with van der Waals surface area (Å²) in [7, 11) is 0. The van der Waals surface area contributed by atoms with E-state index in [-0.39, 0.29) is 11.6 Å². The zero-order chi connectivity index (χ0) is 7.19. The first kappa shape index (κ1) is 6.53. The quantitative estimate of drug-likeness (QED) is 0.495. The van der Waals surface area contributed by atoms with Crippen LogP contribution in [0.25, 0.3) is 0 Å². The van der Waals surface area contributed by atoms with Crippen molar-refractivity contribution >= 4 is 17.7 Å². The molecule has 2 rings (SSSR count). The van der Waals surface area contributed by atoms with E-state index in [2.05, 4.69) is 6.92 Å². The van der Waals surface area contributed by atoms with Gasteiger partial charge in [-0.05, 0) is 13.3 Å². The van der Waals surface area contributed by atoms with E-state index in [0.29, 0.717) is 11.7 Å². The van der Waals surface area contributed by atoms with Gasteiger partial charge in [-0.1, -0.05) is 0 Å². The summed E-state index contributed by atoms with van der Waals surface area (Å²) in [5.74, 6) is 1.01. The lowest BCUT2D eigenvalue weighted by atomic mass is 9.98. The highest BCUT2D eigenvalue weighted by Crippen LogP contribution is 2.47. The molecule has 0 aromatic heterocycles. The maximum absolute atomic E-state index is 10.8. The Kier molecular flexibility index (Phi) is 1.24. The number of hydrogen-bond acceptors (Lipinski definition) is 3. The molecule has 0 saturated carbocycles. The summed E-state index contributed by atoms with van der Waals surface area (Å²) in [6.07, 6.45) is 1.57. The monoisotopic (exact) mass is 158 g/mol. The molecule has 1 spiro atoms. The SMILES string of the molecule is CC1SCC12CCC(=O)O2. The smallest absolute Gasteiger partial charge is 0.306 e. The Labute approximate surface area is 64.3 Å². The Morgan fingerprint density at radius 1 is 1.80 bits per heavy atom. The normalized spacial score (nSPS) is 45.3. The van der Waals surface area contributed by atoms with Gasteiger partial charge in [-0.15, -0.1) is 0 Å². The predicted molar refractivity (Wildman–Crippen MR) is 40.0 cm³/mol. The van der Waals surface area contributed by atoms with Gasteiger partial charge in [0, 0.05) is 17.4 Å². The molecule has 0 N–H and O–H groups in total. The van der Waals surface area contributed by atoms with Crippen LogP contribution in [0, 0.1) is 0 Å². The van der Waals surface area contributed by atoms with Crippen LogP contribution in [0.2, 0.25) is 0 Å². The summed E-state index contributed by atoms with van der Waals surface area (Å²) < 4.78 is 5.24. The first-order valence-electron chi connectivity index (χ1n) is 3.56. The van der Waals surface area contributed by atoms with Crippen LogP contribution < -0.4 is 0 Å². The minimum Gasteiger partial charge on any atom is -0.457 e. The summed E-state index contributed by atoms with van der Waals surface area (Å²) in [6.45, 7) is 2.13. The highest BCUT2D eigenvalue weighted by Gasteiger charge is 2.51. The number of hydrogen-bond donors (Lipinski definition) is 0. The summed E-state index contributed by atoms with van der Waals surface area (Å²) in [5, 5.41) is 0.527. The lowest BCUT2D eigenvalue weighted by Gasteiger charge is -2.42. The molecular formula is C7H10O2S. The van der Waals surface area contributed by atoms with E-state index >= 15 is 0 Å². The Morgan fingerprint density at radius 2 is 2.60 bits per heavy atom. The molecule has 0 bridgehead atoms. The van der Waals surface area contributed by atoms with Gasteiger partial charge in [0.2, 0.25) is 0 Å². The van der Waals surface area contributed by atoms with E-state index in [1.807, 2.05) is 11.8 Å². The van der Waals surface area contributed by atoms with Gasteiger partial charge in [-0.2, -0.15) is 11.8 Å². The molecule has 2 nitrogen and oxygen atoms in total. The van der Waals surface area contributed by atoms with Gasteiger partial charge in [-0.25, -0.2) is 0 Å². The summed E-state index contributed by atoms with van der Waals surface area (Å²) in [6, 6.07) is 0. The lowest BCUT2D eigenvalue weighted by Crippen LogP contribution is -2.49. The maximum atomic E-state index is 10.8. The summed E-state index contributed by atoms with van der Waals surface area (Å²) in [4.78, 5) is 10.8. The van der Waals surface area contributed by atoms with E-state index < -0.39 is 0 Å². The zero-order valence-corrected chi connectivity index (χ0v) is 6.74. The zero-order valence-electron chi connectivity index (χ0n) is 5.92. The molecule has 0 aromatic rings. The second kappa shape index (κ2) is 1.91. The van der Waals surface area contributed by atoms with Crippen LogP contribution in [0.15, 0.2) is 0 Å². The maximum Gasteiger partial charge on any atom is 0.306 e. The van der Waals surface area contributed by atoms with Crippen molar-refractivity contribution in [3.8, 4) is 0 Å². The molecule has 0 amide bonds. The van der Waals surface area contributed by atoms with Crippen LogP contribution >= 0.6 is 11.8 Å². The Balaban J connectivity index is 2.11. The molecule has 2 fully saturated rings. The first-order valence-corrected chi connectivity index (χ1v) is 4.61. The van der Waals surface area contributed by atoms with Crippen molar-refractivity contribution in [1.82, 2.24) is 0 Å². The van der Waals surface area contributed by atoms with Crippen LogP contribution in [-0.2, 0) is 9.53 Å². The highest BCUT2D eigenvalue weighted by molar-refractivity contribution is 8.01. The van der Waals surface area contributed by atoms with Crippen LogP contribution in [-0.4, -0.2) is 22.6 Å². The van der Waals surface area contributed by atoms with Gasteiger partial charge in [-0.3, -0.25) is 4.79 Å². The van der Waals surface area contributed by atoms with Crippen molar-refractivity contribution in [2.75, 3.05) is 5.75 Å². The average molecular weight is 158 g/mol. The average Bonchev–Trinajstić information content (AvgIpc) is 2.31. The number of esters is 1. The van der Waals surface area contributed by atoms with Crippen molar-refractivity contribution in [3.05, 3.63) is 0 Å². The third-order valence-electron chi connectivity index (χ3n) is 2.39. The van der Waals surface area contributed by atoms with Gasteiger partial charge >= 0.3 is 5.97 Å². The first-order chi connectivity index (χ1) is 4.73. The van der Waals surface area contributed by atoms with Gasteiger partial charge in [0.1, 0.15) is 5.60 Å². The van der Waals surface area contributed by atoms with E-state index in [9.17, 15) is 4.79 Å². The summed E-state index contributed by atoms with van der Waals surface area (Å²) in [5.41, 5.74) is -0.0399. The fourth-order valence-electron chi connectivity index (χ4n) is 1.47. The molecule has 2 saturated heterocycles. The van der Waals surface area contributed by atoms with Crippen molar-refractivity contribution in [2.24, 2.45) is 0 Å². The van der Waals surface area contributed by atoms with E-state index in [4.69, 9.17) is 4.74 Å². The molecule has 0 aliphatic carbocycles. The second-order valence-corrected chi connectivity index (χ2v) is 4.32. The molecule has 2 aliphatic heterocycles. The molecular weight excluding hydrogens is 148 g/mol. The Hall–Kier alpha value is -0.180. The molecule has 2 unspecified atom stereocenters. The van der Waals surface area contributed by atoms with Crippen LogP contribution in [0.5, 0.6) is 0 Å². The minimum absolute atomic E-state index is 0.00727. The second-order valence-electron chi connectivity index (χ2n) is 2.99. The Morgan fingerprint density at radius 3 is 2.80 bits per heavy atom. The minimum atomic E-state index is -0.0399. The van der Waals surface area contributed by atoms with Crippen LogP contribution in [0.4, 0.5) is 0 Å². The summed E-state index contributed by atoms with van der Waals surface area (Å²) >= 11 is 1.88. The topological polar surface area (TPSA) is 26.3 Å². The number of ether oxygens (including phenoxy) is 1. The molecule has 0 aromatic carbocycles. The van der Waals surface area contributed by atoms with Gasteiger partial charge in [0.25, 0.3) is 0 Å². The van der Waals surface area contributed by atoms with Crippen molar-refractivity contribution in [3.63, 3.8) is 0 Å². The fourth-order valence-corrected chi connectivity index (χ4v) is 2.71. The fraction of sp³-hybridized carbons (Fsp3) is 0.857. The third-order valence-corrected chi connectivity index (χ3v) is 3.97. The number of rotatable bonds is 0. The number of carbonyl (C=O) groups is 1. The largest absolute Gasteiger partial charge is 0.457 e. The number of thioether (sulfide) groups is 1. The molecule has 2 atom stereocenters. The van der Waals surface area contributed by atoms with E-state index in [0.717, 1.165) is 12.2 Å². The van der Waals surface area contributed by atoms with E-state index in [1.54, 1.807) is 0 Å². The van der Waals surface area contributed by atoms with Crippen LogP contribution in [0.3, 0.4) is 0 Å². The Bertz CT molecular complexity index is 180. The van der Waals surface area contributed by atoms with Gasteiger partial charge in [0.15, 0.2) is 0 Å². The third kappa shape index (κ3) is 0.698. The van der Waals surface area contributed by atoms with Gasteiger partial charge in [0.05, 0.1) is 0 Å². The molecule has 2 heterocycles. The van der Waals surface area contributed by atoms with Crippen molar-refractivity contribution in [2.45, 2.75) is 30.6 Å². The molecule has 56 valence electrons. The van der Waals surface area contributed by atoms with Crippen LogP contribution in [0.1, 0.15) is 19.8 Å². The van der Waals surface area contributed by atoms with Gasteiger partial charge < -0.3 is 4.74 Å². The molecule has 0 radical (unpaired) electrons. The number of carbonyl (C=O) groups excluding carboxylic acids is 1. The van der Waals surface area contributed by atoms with Crippen molar-refractivity contribution < 1.29 is 9.53 Å². The lowest BCUT2D eigenvalue weighted by molar-refractivity contribution is -0.147.